The van der Waals surface area contributed by atoms with Gasteiger partial charge in [0.05, 0.1) is 13.2 Å². The minimum absolute atomic E-state index is 0.161. The van der Waals surface area contributed by atoms with Crippen molar-refractivity contribution >= 4 is 11.9 Å². The Morgan fingerprint density at radius 3 is 1.82 bits per heavy atom. The van der Waals surface area contributed by atoms with Crippen LogP contribution in [0.3, 0.4) is 0 Å². The summed E-state index contributed by atoms with van der Waals surface area (Å²) in [5, 5.41) is 0. The fraction of sp³-hybridized carbons (Fsp3) is 0.692. The van der Waals surface area contributed by atoms with Crippen LogP contribution in [-0.4, -0.2) is 25.2 Å². The van der Waals surface area contributed by atoms with E-state index in [9.17, 15) is 9.59 Å². The third kappa shape index (κ3) is 5.52. The van der Waals surface area contributed by atoms with Crippen LogP contribution in [0.5, 0.6) is 0 Å². The second-order valence-corrected chi connectivity index (χ2v) is 4.12. The van der Waals surface area contributed by atoms with Crippen LogP contribution in [0.2, 0.25) is 0 Å². The molecule has 0 bridgehead atoms. The SMILES string of the molecule is C=C(C)CC(C)C(C(=O)OCC)C(=O)OCC. The van der Waals surface area contributed by atoms with E-state index < -0.39 is 17.9 Å². The highest BCUT2D eigenvalue weighted by molar-refractivity contribution is 5.95. The Bertz CT molecular complexity index is 265. The second kappa shape index (κ2) is 7.87. The molecule has 1 atom stereocenters. The predicted octanol–water partition coefficient (Wildman–Crippen LogP) is 2.33. The summed E-state index contributed by atoms with van der Waals surface area (Å²) in [4.78, 5) is 23.5. The number of hydrogen-bond donors (Lipinski definition) is 0. The van der Waals surface area contributed by atoms with E-state index in [1.165, 1.54) is 0 Å². The number of hydrogen-bond acceptors (Lipinski definition) is 4. The lowest BCUT2D eigenvalue weighted by Gasteiger charge is -2.20. The Kier molecular flexibility index (Phi) is 7.26. The van der Waals surface area contributed by atoms with Crippen molar-refractivity contribution in [3.8, 4) is 0 Å². The second-order valence-electron chi connectivity index (χ2n) is 4.12. The molecule has 0 aliphatic rings. The van der Waals surface area contributed by atoms with Gasteiger partial charge in [0.15, 0.2) is 5.92 Å². The Morgan fingerprint density at radius 1 is 1.12 bits per heavy atom. The molecular formula is C13H22O4. The van der Waals surface area contributed by atoms with Crippen LogP contribution >= 0.6 is 0 Å². The molecule has 0 amide bonds. The molecule has 0 heterocycles. The van der Waals surface area contributed by atoms with Gasteiger partial charge in [0.25, 0.3) is 0 Å². The smallest absolute Gasteiger partial charge is 0.320 e. The number of ether oxygens (including phenoxy) is 2. The lowest BCUT2D eigenvalue weighted by Crippen LogP contribution is -2.33. The number of rotatable bonds is 7. The molecule has 0 spiro atoms. The zero-order valence-corrected chi connectivity index (χ0v) is 11.1. The summed E-state index contributed by atoms with van der Waals surface area (Å²) >= 11 is 0. The van der Waals surface area contributed by atoms with Crippen LogP contribution in [-0.2, 0) is 19.1 Å². The maximum Gasteiger partial charge on any atom is 0.320 e. The lowest BCUT2D eigenvalue weighted by atomic mass is 9.89. The highest BCUT2D eigenvalue weighted by Gasteiger charge is 2.34. The molecule has 17 heavy (non-hydrogen) atoms. The summed E-state index contributed by atoms with van der Waals surface area (Å²) in [5.74, 6) is -2.04. The zero-order chi connectivity index (χ0) is 13.4. The van der Waals surface area contributed by atoms with E-state index in [0.717, 1.165) is 5.57 Å². The number of allylic oxidation sites excluding steroid dienone is 1. The van der Waals surface area contributed by atoms with Gasteiger partial charge in [-0.05, 0) is 33.1 Å². The lowest BCUT2D eigenvalue weighted by molar-refractivity contribution is -0.164. The molecule has 0 aromatic rings. The van der Waals surface area contributed by atoms with Crippen molar-refractivity contribution in [2.75, 3.05) is 13.2 Å². The van der Waals surface area contributed by atoms with Crippen molar-refractivity contribution in [3.05, 3.63) is 12.2 Å². The first-order valence-corrected chi connectivity index (χ1v) is 5.91. The first-order chi connectivity index (χ1) is 7.93. The van der Waals surface area contributed by atoms with Gasteiger partial charge < -0.3 is 9.47 Å². The van der Waals surface area contributed by atoms with Gasteiger partial charge in [-0.25, -0.2) is 0 Å². The van der Waals surface area contributed by atoms with Crippen LogP contribution < -0.4 is 0 Å². The van der Waals surface area contributed by atoms with E-state index in [4.69, 9.17) is 9.47 Å². The Labute approximate surface area is 103 Å². The zero-order valence-electron chi connectivity index (χ0n) is 11.1. The van der Waals surface area contributed by atoms with Gasteiger partial charge in [-0.3, -0.25) is 9.59 Å². The molecule has 0 saturated carbocycles. The minimum Gasteiger partial charge on any atom is -0.465 e. The van der Waals surface area contributed by atoms with E-state index in [1.807, 2.05) is 13.8 Å². The van der Waals surface area contributed by atoms with Crippen LogP contribution in [0, 0.1) is 11.8 Å². The normalized spacial score (nSPS) is 12.1. The van der Waals surface area contributed by atoms with E-state index in [1.54, 1.807) is 13.8 Å². The van der Waals surface area contributed by atoms with Crippen molar-refractivity contribution in [2.45, 2.75) is 34.1 Å². The highest BCUT2D eigenvalue weighted by Crippen LogP contribution is 2.22. The molecule has 0 radical (unpaired) electrons. The molecule has 0 aromatic heterocycles. The molecule has 0 N–H and O–H groups in total. The van der Waals surface area contributed by atoms with Crippen molar-refractivity contribution in [3.63, 3.8) is 0 Å². The van der Waals surface area contributed by atoms with Crippen molar-refractivity contribution in [2.24, 2.45) is 11.8 Å². The van der Waals surface area contributed by atoms with Crippen molar-refractivity contribution < 1.29 is 19.1 Å². The molecule has 0 aliphatic carbocycles. The Morgan fingerprint density at radius 2 is 1.53 bits per heavy atom. The van der Waals surface area contributed by atoms with E-state index in [0.29, 0.717) is 6.42 Å². The van der Waals surface area contributed by atoms with Crippen LogP contribution in [0.1, 0.15) is 34.1 Å². The van der Waals surface area contributed by atoms with Crippen LogP contribution in [0.25, 0.3) is 0 Å². The minimum atomic E-state index is -0.855. The van der Waals surface area contributed by atoms with Gasteiger partial charge >= 0.3 is 11.9 Å². The van der Waals surface area contributed by atoms with Gasteiger partial charge in [0, 0.05) is 0 Å². The summed E-state index contributed by atoms with van der Waals surface area (Å²) in [6.45, 7) is 11.4. The average molecular weight is 242 g/mol. The fourth-order valence-electron chi connectivity index (χ4n) is 1.69. The van der Waals surface area contributed by atoms with Gasteiger partial charge in [-0.15, -0.1) is 6.58 Å². The van der Waals surface area contributed by atoms with Crippen molar-refractivity contribution in [1.29, 1.82) is 0 Å². The first-order valence-electron chi connectivity index (χ1n) is 5.91. The third-order valence-electron chi connectivity index (χ3n) is 2.32. The van der Waals surface area contributed by atoms with Crippen LogP contribution in [0.4, 0.5) is 0 Å². The van der Waals surface area contributed by atoms with Crippen LogP contribution in [0.15, 0.2) is 12.2 Å². The molecular weight excluding hydrogens is 220 g/mol. The monoisotopic (exact) mass is 242 g/mol. The molecule has 1 unspecified atom stereocenters. The fourth-order valence-corrected chi connectivity index (χ4v) is 1.69. The quantitative estimate of drug-likeness (QED) is 0.390. The number of carbonyl (C=O) groups excluding carboxylic acids is 2. The summed E-state index contributed by atoms with van der Waals surface area (Å²) in [7, 11) is 0. The molecule has 4 nitrogen and oxygen atoms in total. The summed E-state index contributed by atoms with van der Waals surface area (Å²) in [6, 6.07) is 0. The molecule has 0 rings (SSSR count). The number of esters is 2. The summed E-state index contributed by atoms with van der Waals surface area (Å²) in [5.41, 5.74) is 0.927. The topological polar surface area (TPSA) is 52.6 Å². The molecule has 0 fully saturated rings. The first kappa shape index (κ1) is 15.7. The van der Waals surface area contributed by atoms with Gasteiger partial charge in [0.2, 0.25) is 0 Å². The third-order valence-corrected chi connectivity index (χ3v) is 2.32. The maximum atomic E-state index is 11.7. The highest BCUT2D eigenvalue weighted by atomic mass is 16.6. The predicted molar refractivity (Wildman–Crippen MR) is 65.4 cm³/mol. The molecule has 0 aliphatic heterocycles. The molecule has 0 aromatic carbocycles. The molecule has 4 heteroatoms. The van der Waals surface area contributed by atoms with E-state index in [-0.39, 0.29) is 19.1 Å². The average Bonchev–Trinajstić information content (AvgIpc) is 2.17. The number of carbonyl (C=O) groups is 2. The van der Waals surface area contributed by atoms with E-state index >= 15 is 0 Å². The van der Waals surface area contributed by atoms with Crippen molar-refractivity contribution in [1.82, 2.24) is 0 Å². The largest absolute Gasteiger partial charge is 0.465 e. The summed E-state index contributed by atoms with van der Waals surface area (Å²) < 4.78 is 9.81. The standard InChI is InChI=1S/C13H22O4/c1-6-16-12(14)11(13(15)17-7-2)10(5)8-9(3)4/h10-11H,3,6-8H2,1-2,4-5H3. The molecule has 0 saturated heterocycles. The van der Waals surface area contributed by atoms with Gasteiger partial charge in [-0.2, -0.15) is 0 Å². The van der Waals surface area contributed by atoms with Gasteiger partial charge in [0.1, 0.15) is 0 Å². The maximum absolute atomic E-state index is 11.7. The Balaban J connectivity index is 4.76. The molecule has 98 valence electrons. The van der Waals surface area contributed by atoms with Gasteiger partial charge in [-0.1, -0.05) is 12.5 Å². The Hall–Kier alpha value is -1.32. The summed E-state index contributed by atoms with van der Waals surface area (Å²) in [6.07, 6.45) is 0.599. The van der Waals surface area contributed by atoms with E-state index in [2.05, 4.69) is 6.58 Å².